The first-order valence-corrected chi connectivity index (χ1v) is 10.4. The van der Waals surface area contributed by atoms with Crippen molar-refractivity contribution in [2.45, 2.75) is 0 Å². The molecule has 0 bridgehead atoms. The zero-order valence-corrected chi connectivity index (χ0v) is 17.7. The van der Waals surface area contributed by atoms with Gasteiger partial charge in [0.25, 0.3) is 5.91 Å². The minimum Gasteiger partial charge on any atom is -0.450 e. The number of para-hydroxylation sites is 1. The van der Waals surface area contributed by atoms with Crippen LogP contribution in [0.5, 0.6) is 0 Å². The zero-order chi connectivity index (χ0) is 21.1. The number of esters is 1. The van der Waals surface area contributed by atoms with Crippen LogP contribution in [0.3, 0.4) is 0 Å². The minimum absolute atomic E-state index is 0.266. The third-order valence-corrected chi connectivity index (χ3v) is 5.29. The van der Waals surface area contributed by atoms with Gasteiger partial charge in [0.1, 0.15) is 5.58 Å². The molecule has 0 atom stereocenters. The molecule has 0 radical (unpaired) electrons. The number of ether oxygens (including phenoxy) is 1. The van der Waals surface area contributed by atoms with Crippen LogP contribution in [0.15, 0.2) is 73.7 Å². The molecule has 0 unspecified atom stereocenters. The molecule has 30 heavy (non-hydrogen) atoms. The van der Waals surface area contributed by atoms with E-state index < -0.39 is 18.5 Å². The van der Waals surface area contributed by atoms with Gasteiger partial charge in [-0.15, -0.1) is 11.3 Å². The van der Waals surface area contributed by atoms with E-state index in [1.54, 1.807) is 24.3 Å². The lowest BCUT2D eigenvalue weighted by Crippen LogP contribution is -2.21. The lowest BCUT2D eigenvalue weighted by Gasteiger charge is -2.05. The largest absolute Gasteiger partial charge is 0.450 e. The van der Waals surface area contributed by atoms with Crippen molar-refractivity contribution in [3.63, 3.8) is 0 Å². The van der Waals surface area contributed by atoms with Crippen molar-refractivity contribution in [2.24, 2.45) is 0 Å². The SMILES string of the molecule is O=C(COC(=O)c1cc(=O)c2ccccc2o1)Nc1nc(-c2cccc(Br)c2)cs1. The number of benzene rings is 2. The molecule has 0 aliphatic heterocycles. The highest BCUT2D eigenvalue weighted by Gasteiger charge is 2.16. The molecule has 0 spiro atoms. The van der Waals surface area contributed by atoms with Crippen molar-refractivity contribution in [1.82, 2.24) is 4.98 Å². The summed E-state index contributed by atoms with van der Waals surface area (Å²) in [7, 11) is 0. The third kappa shape index (κ3) is 4.47. The van der Waals surface area contributed by atoms with Crippen LogP contribution in [0, 0.1) is 0 Å². The molecular formula is C21H13BrN2O5S. The summed E-state index contributed by atoms with van der Waals surface area (Å²) in [5, 5.41) is 5.13. The molecule has 150 valence electrons. The highest BCUT2D eigenvalue weighted by molar-refractivity contribution is 9.10. The number of carbonyl (C=O) groups excluding carboxylic acids is 2. The van der Waals surface area contributed by atoms with Gasteiger partial charge in [-0.25, -0.2) is 9.78 Å². The van der Waals surface area contributed by atoms with Crippen molar-refractivity contribution in [3.05, 3.63) is 80.4 Å². The Morgan fingerprint density at radius 1 is 1.13 bits per heavy atom. The number of carbonyl (C=O) groups is 2. The van der Waals surface area contributed by atoms with E-state index in [0.717, 1.165) is 16.1 Å². The predicted molar refractivity (Wildman–Crippen MR) is 117 cm³/mol. The first kappa shape index (κ1) is 20.0. The summed E-state index contributed by atoms with van der Waals surface area (Å²) in [5.74, 6) is -1.72. The second-order valence-corrected chi connectivity index (χ2v) is 7.92. The van der Waals surface area contributed by atoms with Crippen LogP contribution in [0.1, 0.15) is 10.6 Å². The predicted octanol–water partition coefficient (Wildman–Crippen LogP) is 4.47. The highest BCUT2D eigenvalue weighted by atomic mass is 79.9. The summed E-state index contributed by atoms with van der Waals surface area (Å²) >= 11 is 4.66. The summed E-state index contributed by atoms with van der Waals surface area (Å²) in [4.78, 5) is 40.7. The van der Waals surface area contributed by atoms with Crippen LogP contribution in [-0.2, 0) is 9.53 Å². The zero-order valence-electron chi connectivity index (χ0n) is 15.3. The van der Waals surface area contributed by atoms with Gasteiger partial charge in [0, 0.05) is 21.5 Å². The molecule has 0 aliphatic rings. The third-order valence-electron chi connectivity index (χ3n) is 4.04. The molecule has 4 aromatic rings. The van der Waals surface area contributed by atoms with E-state index in [9.17, 15) is 14.4 Å². The van der Waals surface area contributed by atoms with Crippen molar-refractivity contribution < 1.29 is 18.7 Å². The molecule has 4 rings (SSSR count). The summed E-state index contributed by atoms with van der Waals surface area (Å²) in [6.45, 7) is -0.541. The molecule has 0 fully saturated rings. The van der Waals surface area contributed by atoms with E-state index in [0.29, 0.717) is 16.2 Å². The Balaban J connectivity index is 1.38. The average molecular weight is 485 g/mol. The molecule has 2 aromatic carbocycles. The summed E-state index contributed by atoms with van der Waals surface area (Å²) < 4.78 is 11.3. The molecule has 2 heterocycles. The number of hydrogen-bond acceptors (Lipinski definition) is 7. The number of hydrogen-bond donors (Lipinski definition) is 1. The van der Waals surface area contributed by atoms with Crippen molar-refractivity contribution in [3.8, 4) is 11.3 Å². The van der Waals surface area contributed by atoms with Crippen LogP contribution in [0.25, 0.3) is 22.2 Å². The number of amides is 1. The van der Waals surface area contributed by atoms with E-state index in [-0.39, 0.29) is 16.8 Å². The number of halogens is 1. The van der Waals surface area contributed by atoms with E-state index in [4.69, 9.17) is 9.15 Å². The minimum atomic E-state index is -0.901. The molecule has 1 amide bonds. The molecule has 0 saturated carbocycles. The highest BCUT2D eigenvalue weighted by Crippen LogP contribution is 2.26. The fourth-order valence-corrected chi connectivity index (χ4v) is 3.81. The maximum absolute atomic E-state index is 12.2. The van der Waals surface area contributed by atoms with Gasteiger partial charge >= 0.3 is 5.97 Å². The summed E-state index contributed by atoms with van der Waals surface area (Å²) in [6, 6.07) is 15.2. The normalized spacial score (nSPS) is 10.7. The molecule has 7 nitrogen and oxygen atoms in total. The van der Waals surface area contributed by atoms with E-state index in [2.05, 4.69) is 26.2 Å². The Kier molecular flexibility index (Phi) is 5.73. The van der Waals surface area contributed by atoms with Crippen LogP contribution < -0.4 is 10.7 Å². The van der Waals surface area contributed by atoms with Crippen LogP contribution in [-0.4, -0.2) is 23.5 Å². The van der Waals surface area contributed by atoms with Gasteiger partial charge in [-0.05, 0) is 24.3 Å². The van der Waals surface area contributed by atoms with E-state index in [1.165, 1.54) is 11.3 Å². The number of rotatable bonds is 5. The Morgan fingerprint density at radius 2 is 1.97 bits per heavy atom. The van der Waals surface area contributed by atoms with Crippen LogP contribution in [0.2, 0.25) is 0 Å². The Bertz CT molecular complexity index is 1310. The molecule has 0 aliphatic carbocycles. The summed E-state index contributed by atoms with van der Waals surface area (Å²) in [6.07, 6.45) is 0. The molecular weight excluding hydrogens is 472 g/mol. The molecule has 9 heteroatoms. The fourth-order valence-electron chi connectivity index (χ4n) is 2.67. The van der Waals surface area contributed by atoms with E-state index in [1.807, 2.05) is 29.6 Å². The van der Waals surface area contributed by atoms with Crippen LogP contribution >= 0.6 is 27.3 Å². The Hall–Kier alpha value is -3.30. The maximum Gasteiger partial charge on any atom is 0.374 e. The van der Waals surface area contributed by atoms with Gasteiger partial charge < -0.3 is 9.15 Å². The number of fused-ring (bicyclic) bond motifs is 1. The van der Waals surface area contributed by atoms with Crippen molar-refractivity contribution in [2.75, 3.05) is 11.9 Å². The van der Waals surface area contributed by atoms with Crippen LogP contribution in [0.4, 0.5) is 5.13 Å². The second kappa shape index (κ2) is 8.60. The molecule has 2 aromatic heterocycles. The van der Waals surface area contributed by atoms with Gasteiger partial charge in [-0.3, -0.25) is 14.9 Å². The number of nitrogens with one attached hydrogen (secondary N) is 1. The topological polar surface area (TPSA) is 98.5 Å². The first-order valence-electron chi connectivity index (χ1n) is 8.71. The van der Waals surface area contributed by atoms with Gasteiger partial charge in [0.15, 0.2) is 17.2 Å². The average Bonchev–Trinajstić information content (AvgIpc) is 3.20. The van der Waals surface area contributed by atoms with Crippen molar-refractivity contribution >= 4 is 55.2 Å². The van der Waals surface area contributed by atoms with Gasteiger partial charge in [0.2, 0.25) is 5.76 Å². The van der Waals surface area contributed by atoms with Gasteiger partial charge in [0.05, 0.1) is 11.1 Å². The molecule has 1 N–H and O–H groups in total. The Labute approximate surface area is 182 Å². The second-order valence-electron chi connectivity index (χ2n) is 6.14. The molecule has 0 saturated heterocycles. The number of nitrogens with zero attached hydrogens (tertiary/aromatic N) is 1. The number of thiazole rings is 1. The standard InChI is InChI=1S/C21H13BrN2O5S/c22-13-5-3-4-12(8-13)15-11-30-21(23-15)24-19(26)10-28-20(27)18-9-16(25)14-6-1-2-7-17(14)29-18/h1-9,11H,10H2,(H,23,24,26). The van der Waals surface area contributed by atoms with Gasteiger partial charge in [-0.2, -0.15) is 0 Å². The van der Waals surface area contributed by atoms with E-state index >= 15 is 0 Å². The lowest BCUT2D eigenvalue weighted by molar-refractivity contribution is -0.119. The smallest absolute Gasteiger partial charge is 0.374 e. The monoisotopic (exact) mass is 484 g/mol. The fraction of sp³-hybridized carbons (Fsp3) is 0.0476. The number of anilines is 1. The van der Waals surface area contributed by atoms with Crippen molar-refractivity contribution in [1.29, 1.82) is 0 Å². The maximum atomic E-state index is 12.2. The first-order chi connectivity index (χ1) is 14.5. The quantitative estimate of drug-likeness (QED) is 0.419. The Morgan fingerprint density at radius 3 is 2.80 bits per heavy atom. The summed E-state index contributed by atoms with van der Waals surface area (Å²) in [5.41, 5.74) is 1.52. The number of aromatic nitrogens is 1. The lowest BCUT2D eigenvalue weighted by atomic mass is 10.2. The van der Waals surface area contributed by atoms with Gasteiger partial charge in [-0.1, -0.05) is 40.2 Å².